The van der Waals surface area contributed by atoms with Crippen molar-refractivity contribution >= 4 is 0 Å². The molecule has 1 aliphatic rings. The van der Waals surface area contributed by atoms with Gasteiger partial charge in [0.1, 0.15) is 5.75 Å². The molecule has 0 N–H and O–H groups in total. The van der Waals surface area contributed by atoms with Gasteiger partial charge < -0.3 is 9.30 Å². The summed E-state index contributed by atoms with van der Waals surface area (Å²) in [6.45, 7) is 0. The van der Waals surface area contributed by atoms with Gasteiger partial charge in [-0.05, 0) is 48.6 Å². The largest absolute Gasteiger partial charge is 0.497 e. The van der Waals surface area contributed by atoms with E-state index in [0.29, 0.717) is 5.92 Å². The summed E-state index contributed by atoms with van der Waals surface area (Å²) in [4.78, 5) is 11.8. The lowest BCUT2D eigenvalue weighted by Gasteiger charge is -2.26. The van der Waals surface area contributed by atoms with E-state index in [-0.39, 0.29) is 5.56 Å². The van der Waals surface area contributed by atoms with E-state index >= 15 is 0 Å². The fourth-order valence-corrected chi connectivity index (χ4v) is 3.10. The number of rotatable bonds is 2. The molecule has 0 bridgehead atoms. The van der Waals surface area contributed by atoms with Crippen LogP contribution in [-0.2, 0) is 19.9 Å². The third-order valence-corrected chi connectivity index (χ3v) is 4.28. The van der Waals surface area contributed by atoms with Crippen molar-refractivity contribution in [3.8, 4) is 5.75 Å². The second kappa shape index (κ2) is 5.16. The first kappa shape index (κ1) is 13.0. The Bertz CT molecular complexity index is 688. The van der Waals surface area contributed by atoms with Crippen LogP contribution in [0.15, 0.2) is 41.2 Å². The molecule has 3 heteroatoms. The van der Waals surface area contributed by atoms with Crippen molar-refractivity contribution in [2.24, 2.45) is 7.05 Å². The molecule has 0 spiro atoms. The number of hydrogen-bond acceptors (Lipinski definition) is 2. The normalized spacial score (nSPS) is 17.6. The van der Waals surface area contributed by atoms with Crippen LogP contribution in [0.1, 0.15) is 29.2 Å². The Balaban J connectivity index is 1.92. The fourth-order valence-electron chi connectivity index (χ4n) is 3.10. The molecule has 0 aliphatic heterocycles. The number of nitrogens with zero attached hydrogens (tertiary/aromatic N) is 1. The average molecular weight is 269 g/mol. The van der Waals surface area contributed by atoms with Gasteiger partial charge in [-0.25, -0.2) is 0 Å². The standard InChI is InChI=1S/C17H19NO2/c1-18-16(4-3-5-17(18)19)14-7-6-13-11-15(20-2)9-8-12(13)10-14/h3-5,8-9,11,14H,6-7,10H2,1-2H3/t14-/m0/s1. The highest BCUT2D eigenvalue weighted by molar-refractivity contribution is 5.38. The van der Waals surface area contributed by atoms with E-state index in [1.807, 2.05) is 19.2 Å². The molecule has 0 saturated carbocycles. The van der Waals surface area contributed by atoms with E-state index in [0.717, 1.165) is 30.7 Å². The van der Waals surface area contributed by atoms with E-state index < -0.39 is 0 Å². The zero-order valence-corrected chi connectivity index (χ0v) is 11.9. The molecule has 3 rings (SSSR count). The first-order valence-corrected chi connectivity index (χ1v) is 7.01. The second-order valence-corrected chi connectivity index (χ2v) is 5.42. The molecule has 1 aromatic heterocycles. The molecule has 2 aromatic rings. The molecule has 1 aliphatic carbocycles. The van der Waals surface area contributed by atoms with Crippen LogP contribution >= 0.6 is 0 Å². The summed E-state index contributed by atoms with van der Waals surface area (Å²) in [6, 6.07) is 11.9. The van der Waals surface area contributed by atoms with Crippen molar-refractivity contribution in [2.45, 2.75) is 25.2 Å². The van der Waals surface area contributed by atoms with Gasteiger partial charge in [0.15, 0.2) is 0 Å². The van der Waals surface area contributed by atoms with Gasteiger partial charge in [0, 0.05) is 24.7 Å². The number of pyridine rings is 1. The molecule has 3 nitrogen and oxygen atoms in total. The summed E-state index contributed by atoms with van der Waals surface area (Å²) in [6.07, 6.45) is 3.12. The molecule has 0 radical (unpaired) electrons. The van der Waals surface area contributed by atoms with Crippen molar-refractivity contribution in [3.05, 3.63) is 63.6 Å². The predicted molar refractivity (Wildman–Crippen MR) is 79.4 cm³/mol. The Morgan fingerprint density at radius 2 is 2.05 bits per heavy atom. The zero-order chi connectivity index (χ0) is 14.1. The average Bonchev–Trinajstić information content (AvgIpc) is 2.49. The Kier molecular flexibility index (Phi) is 3.35. The highest BCUT2D eigenvalue weighted by Gasteiger charge is 2.22. The van der Waals surface area contributed by atoms with E-state index in [2.05, 4.69) is 18.2 Å². The van der Waals surface area contributed by atoms with E-state index in [9.17, 15) is 4.79 Å². The maximum Gasteiger partial charge on any atom is 0.250 e. The number of fused-ring (bicyclic) bond motifs is 1. The Labute approximate surface area is 118 Å². The first-order chi connectivity index (χ1) is 9.69. The smallest absolute Gasteiger partial charge is 0.250 e. The fraction of sp³-hybridized carbons (Fsp3) is 0.353. The Morgan fingerprint density at radius 3 is 2.85 bits per heavy atom. The molecular formula is C17H19NO2. The first-order valence-electron chi connectivity index (χ1n) is 7.01. The van der Waals surface area contributed by atoms with Gasteiger partial charge in [0.2, 0.25) is 5.56 Å². The molecular weight excluding hydrogens is 250 g/mol. The summed E-state index contributed by atoms with van der Waals surface area (Å²) < 4.78 is 7.06. The van der Waals surface area contributed by atoms with Crippen LogP contribution in [0.3, 0.4) is 0 Å². The minimum absolute atomic E-state index is 0.0722. The number of benzene rings is 1. The number of aryl methyl sites for hydroxylation is 1. The van der Waals surface area contributed by atoms with Crippen LogP contribution in [0.4, 0.5) is 0 Å². The van der Waals surface area contributed by atoms with Gasteiger partial charge in [-0.3, -0.25) is 4.79 Å². The van der Waals surface area contributed by atoms with Gasteiger partial charge in [-0.2, -0.15) is 0 Å². The van der Waals surface area contributed by atoms with Gasteiger partial charge >= 0.3 is 0 Å². The number of hydrogen-bond donors (Lipinski definition) is 0. The molecule has 0 amide bonds. The monoisotopic (exact) mass is 269 g/mol. The summed E-state index contributed by atoms with van der Waals surface area (Å²) in [7, 11) is 3.56. The maximum atomic E-state index is 11.8. The van der Waals surface area contributed by atoms with E-state index in [1.54, 1.807) is 17.7 Å². The van der Waals surface area contributed by atoms with Crippen LogP contribution in [-0.4, -0.2) is 11.7 Å². The van der Waals surface area contributed by atoms with Gasteiger partial charge in [-0.15, -0.1) is 0 Å². The summed E-state index contributed by atoms with van der Waals surface area (Å²) in [5.41, 5.74) is 3.96. The third kappa shape index (κ3) is 2.24. The Morgan fingerprint density at radius 1 is 1.20 bits per heavy atom. The minimum atomic E-state index is 0.0722. The van der Waals surface area contributed by atoms with Crippen molar-refractivity contribution in [2.75, 3.05) is 7.11 Å². The van der Waals surface area contributed by atoms with Crippen LogP contribution < -0.4 is 10.3 Å². The number of aromatic nitrogens is 1. The maximum absolute atomic E-state index is 11.8. The van der Waals surface area contributed by atoms with Gasteiger partial charge in [-0.1, -0.05) is 12.1 Å². The van der Waals surface area contributed by atoms with E-state index in [4.69, 9.17) is 4.74 Å². The molecule has 20 heavy (non-hydrogen) atoms. The zero-order valence-electron chi connectivity index (χ0n) is 11.9. The lowest BCUT2D eigenvalue weighted by Crippen LogP contribution is -2.23. The van der Waals surface area contributed by atoms with Crippen molar-refractivity contribution < 1.29 is 4.74 Å². The van der Waals surface area contributed by atoms with Gasteiger partial charge in [0.05, 0.1) is 7.11 Å². The predicted octanol–water partition coefficient (Wildman–Crippen LogP) is 2.67. The van der Waals surface area contributed by atoms with Crippen LogP contribution in [0.2, 0.25) is 0 Å². The molecule has 104 valence electrons. The van der Waals surface area contributed by atoms with Gasteiger partial charge in [0.25, 0.3) is 0 Å². The highest BCUT2D eigenvalue weighted by Crippen LogP contribution is 2.33. The SMILES string of the molecule is COc1ccc2c(c1)CC[C@H](c1cccc(=O)n1C)C2. The lowest BCUT2D eigenvalue weighted by atomic mass is 9.82. The lowest BCUT2D eigenvalue weighted by molar-refractivity contribution is 0.413. The van der Waals surface area contributed by atoms with Crippen molar-refractivity contribution in [1.82, 2.24) is 4.57 Å². The highest BCUT2D eigenvalue weighted by atomic mass is 16.5. The molecule has 0 fully saturated rings. The minimum Gasteiger partial charge on any atom is -0.497 e. The summed E-state index contributed by atoms with van der Waals surface area (Å²) in [5, 5.41) is 0. The van der Waals surface area contributed by atoms with Crippen LogP contribution in [0.5, 0.6) is 5.75 Å². The summed E-state index contributed by atoms with van der Waals surface area (Å²) >= 11 is 0. The van der Waals surface area contributed by atoms with Crippen molar-refractivity contribution in [1.29, 1.82) is 0 Å². The molecule has 1 aromatic carbocycles. The third-order valence-electron chi connectivity index (χ3n) is 4.28. The van der Waals surface area contributed by atoms with Crippen LogP contribution in [0, 0.1) is 0 Å². The second-order valence-electron chi connectivity index (χ2n) is 5.42. The molecule has 0 saturated heterocycles. The number of methoxy groups -OCH3 is 1. The number of ether oxygens (including phenoxy) is 1. The topological polar surface area (TPSA) is 31.2 Å². The summed E-state index contributed by atoms with van der Waals surface area (Å²) in [5.74, 6) is 1.35. The Hall–Kier alpha value is -2.03. The van der Waals surface area contributed by atoms with Crippen LogP contribution in [0.25, 0.3) is 0 Å². The molecule has 1 heterocycles. The molecule has 1 atom stereocenters. The van der Waals surface area contributed by atoms with Crippen molar-refractivity contribution in [3.63, 3.8) is 0 Å². The molecule has 0 unspecified atom stereocenters. The quantitative estimate of drug-likeness (QED) is 0.839. The van der Waals surface area contributed by atoms with E-state index in [1.165, 1.54) is 11.1 Å².